The normalized spacial score (nSPS) is 53.2. The number of anilines is 2. The molecule has 4 spiro atoms. The van der Waals surface area contributed by atoms with Crippen LogP contribution in [0, 0.1) is 22.7 Å². The summed E-state index contributed by atoms with van der Waals surface area (Å²) in [6.45, 7) is 6.21. The zero-order chi connectivity index (χ0) is 27.9. The first-order chi connectivity index (χ1) is 21.8. The number of ether oxygens (including phenoxy) is 2. The highest BCUT2D eigenvalue weighted by atomic mass is 16.5. The minimum Gasteiger partial charge on any atom is -0.354 e. The SMILES string of the molecule is C1=C2CN3CC[C@]45c6ccccc6N6[C@H]4[C@]4([C@H](OC1)N1c7ccccc7[C@@]78CCN9CC%10=CCO[C@@H]6[C@@]4([C@H]17)[C@H]%10C[C@H]98)[C@H]2C[C@H]35. The van der Waals surface area contributed by atoms with E-state index in [0.29, 0.717) is 36.0 Å². The quantitative estimate of drug-likeness (QED) is 0.437. The van der Waals surface area contributed by atoms with Gasteiger partial charge >= 0.3 is 0 Å². The van der Waals surface area contributed by atoms with E-state index in [0.717, 1.165) is 26.3 Å². The fraction of sp³-hybridized carbons (Fsp3) is 0.579. The number of hydrogen-bond acceptors (Lipinski definition) is 6. The molecule has 12 atom stereocenters. The van der Waals surface area contributed by atoms with E-state index in [9.17, 15) is 0 Å². The molecule has 10 aliphatic heterocycles. The Bertz CT molecular complexity index is 1710. The lowest BCUT2D eigenvalue weighted by Crippen LogP contribution is -2.74. The lowest BCUT2D eigenvalue weighted by molar-refractivity contribution is -0.184. The average Bonchev–Trinajstić information content (AvgIpc) is 3.82. The molecule has 2 aromatic carbocycles. The van der Waals surface area contributed by atoms with Crippen molar-refractivity contribution in [1.82, 2.24) is 9.80 Å². The van der Waals surface area contributed by atoms with Crippen molar-refractivity contribution in [3.05, 3.63) is 83.0 Å². The van der Waals surface area contributed by atoms with Crippen LogP contribution in [0.5, 0.6) is 0 Å². The third kappa shape index (κ3) is 1.78. The molecule has 0 N–H and O–H groups in total. The molecule has 0 unspecified atom stereocenters. The zero-order valence-electron chi connectivity index (χ0n) is 25.1. The van der Waals surface area contributed by atoms with Crippen LogP contribution >= 0.6 is 0 Å². The van der Waals surface area contributed by atoms with E-state index in [2.05, 4.69) is 80.3 Å². The highest BCUT2D eigenvalue weighted by Gasteiger charge is 2.95. The van der Waals surface area contributed by atoms with Crippen molar-refractivity contribution in [3.8, 4) is 0 Å². The van der Waals surface area contributed by atoms with Gasteiger partial charge in [-0.25, -0.2) is 0 Å². The van der Waals surface area contributed by atoms with Gasteiger partial charge in [-0.05, 0) is 73.9 Å². The van der Waals surface area contributed by atoms with Crippen molar-refractivity contribution < 1.29 is 9.47 Å². The molecule has 222 valence electrons. The lowest BCUT2D eigenvalue weighted by atomic mass is 9.36. The van der Waals surface area contributed by atoms with Crippen LogP contribution in [0.15, 0.2) is 71.8 Å². The van der Waals surface area contributed by atoms with E-state index < -0.39 is 0 Å². The van der Waals surface area contributed by atoms with Crippen molar-refractivity contribution in [1.29, 1.82) is 0 Å². The first-order valence-corrected chi connectivity index (χ1v) is 17.6. The number of fused-ring (bicyclic) bond motifs is 6. The third-order valence-electron chi connectivity index (χ3n) is 16.5. The molecule has 14 rings (SSSR count). The summed E-state index contributed by atoms with van der Waals surface area (Å²) >= 11 is 0. The van der Waals surface area contributed by atoms with E-state index in [1.165, 1.54) is 50.1 Å². The maximum atomic E-state index is 7.54. The molecule has 44 heavy (non-hydrogen) atoms. The second-order valence-electron chi connectivity index (χ2n) is 16.6. The highest BCUT2D eigenvalue weighted by Crippen LogP contribution is 2.87. The molecule has 2 aromatic rings. The van der Waals surface area contributed by atoms with Crippen LogP contribution in [0.25, 0.3) is 0 Å². The highest BCUT2D eigenvalue weighted by molar-refractivity contribution is 5.78. The molecule has 0 amide bonds. The largest absolute Gasteiger partial charge is 0.354 e. The standard InChI is InChI=1S/C38H38N4O2/c1-3-7-27-23(5-1)35-11-13-39-19-21-10-16-44-34-37(25(21)17-29(35)39)31(35)41(27)33-38(37)26-18-30-36(12-14-40(30)20-22(26)9-15-43-33)24-6-2-4-8-28(24)42(34)32(36)38/h1-10,25-26,29-34H,11-20H2/t25-,26-,29-,30-,31+,32+,33-,34+,35+,36+,37-,38-/m0/s1. The Kier molecular flexibility index (Phi) is 3.42. The Hall–Kier alpha value is -2.64. The van der Waals surface area contributed by atoms with Gasteiger partial charge in [0.1, 0.15) is 12.5 Å². The van der Waals surface area contributed by atoms with Gasteiger partial charge in [-0.3, -0.25) is 9.80 Å². The van der Waals surface area contributed by atoms with E-state index in [1.54, 1.807) is 22.3 Å². The van der Waals surface area contributed by atoms with Crippen LogP contribution in [0.1, 0.15) is 36.8 Å². The summed E-state index contributed by atoms with van der Waals surface area (Å²) in [5.74, 6) is 1.09. The molecule has 8 fully saturated rings. The molecular formula is C38H38N4O2. The average molecular weight is 583 g/mol. The van der Waals surface area contributed by atoms with Crippen LogP contribution in [0.4, 0.5) is 11.4 Å². The number of para-hydroxylation sites is 2. The Morgan fingerprint density at radius 1 is 0.614 bits per heavy atom. The molecule has 6 nitrogen and oxygen atoms in total. The Morgan fingerprint density at radius 3 is 1.59 bits per heavy atom. The van der Waals surface area contributed by atoms with E-state index in [-0.39, 0.29) is 34.1 Å². The first kappa shape index (κ1) is 22.8. The van der Waals surface area contributed by atoms with E-state index in [4.69, 9.17) is 9.47 Å². The monoisotopic (exact) mass is 582 g/mol. The molecule has 12 aliphatic rings. The predicted molar refractivity (Wildman–Crippen MR) is 165 cm³/mol. The van der Waals surface area contributed by atoms with E-state index in [1.807, 2.05) is 0 Å². The van der Waals surface area contributed by atoms with Gasteiger partial charge < -0.3 is 19.3 Å². The maximum absolute atomic E-state index is 7.54. The summed E-state index contributed by atoms with van der Waals surface area (Å²) in [4.78, 5) is 11.7. The Morgan fingerprint density at radius 2 is 1.09 bits per heavy atom. The Balaban J connectivity index is 1.19. The van der Waals surface area contributed by atoms with Crippen molar-refractivity contribution in [2.75, 3.05) is 49.2 Å². The number of nitrogens with zero attached hydrogens (tertiary/aromatic N) is 4. The van der Waals surface area contributed by atoms with Gasteiger partial charge in [0.15, 0.2) is 0 Å². The lowest BCUT2D eigenvalue weighted by Gasteiger charge is -2.67. The van der Waals surface area contributed by atoms with Crippen LogP contribution in [0.3, 0.4) is 0 Å². The van der Waals surface area contributed by atoms with Gasteiger partial charge in [0.05, 0.1) is 36.1 Å². The second kappa shape index (κ2) is 6.60. The predicted octanol–water partition coefficient (Wildman–Crippen LogP) is 4.02. The molecule has 2 saturated carbocycles. The summed E-state index contributed by atoms with van der Waals surface area (Å²) in [6, 6.07) is 21.3. The van der Waals surface area contributed by atoms with Gasteiger partial charge in [0.25, 0.3) is 0 Å². The first-order valence-electron chi connectivity index (χ1n) is 17.6. The number of hydrogen-bond donors (Lipinski definition) is 0. The summed E-state index contributed by atoms with van der Waals surface area (Å²) in [6.07, 6.45) is 10.4. The minimum atomic E-state index is -0.0268. The number of rotatable bonds is 0. The minimum absolute atomic E-state index is 0.0268. The summed E-state index contributed by atoms with van der Waals surface area (Å²) < 4.78 is 15.1. The van der Waals surface area contributed by atoms with Crippen molar-refractivity contribution in [2.24, 2.45) is 22.7 Å². The van der Waals surface area contributed by atoms with Crippen LogP contribution in [-0.4, -0.2) is 85.8 Å². The smallest absolute Gasteiger partial charge is 0.139 e. The fourth-order valence-corrected chi connectivity index (χ4v) is 16.2. The van der Waals surface area contributed by atoms with Crippen molar-refractivity contribution in [2.45, 2.75) is 73.1 Å². The maximum Gasteiger partial charge on any atom is 0.139 e. The van der Waals surface area contributed by atoms with Crippen molar-refractivity contribution in [3.63, 3.8) is 0 Å². The van der Waals surface area contributed by atoms with Crippen molar-refractivity contribution >= 4 is 11.4 Å². The van der Waals surface area contributed by atoms with Gasteiger partial charge in [-0.2, -0.15) is 0 Å². The second-order valence-corrected chi connectivity index (χ2v) is 16.6. The fourth-order valence-electron chi connectivity index (χ4n) is 16.2. The van der Waals surface area contributed by atoms with Crippen LogP contribution in [0.2, 0.25) is 0 Å². The molecular weight excluding hydrogens is 544 g/mol. The Labute approximate surface area is 258 Å². The summed E-state index contributed by atoms with van der Waals surface area (Å²) in [5, 5.41) is 0. The summed E-state index contributed by atoms with van der Waals surface area (Å²) in [5.41, 5.74) is 9.87. The number of benzene rings is 2. The third-order valence-corrected chi connectivity index (χ3v) is 16.5. The van der Waals surface area contributed by atoms with Gasteiger partial charge in [-0.1, -0.05) is 59.7 Å². The van der Waals surface area contributed by atoms with E-state index >= 15 is 0 Å². The van der Waals surface area contributed by atoms with Crippen LogP contribution < -0.4 is 9.80 Å². The molecule has 10 heterocycles. The molecule has 6 saturated heterocycles. The van der Waals surface area contributed by atoms with Gasteiger partial charge in [0, 0.05) is 47.4 Å². The van der Waals surface area contributed by atoms with Crippen LogP contribution in [-0.2, 0) is 20.3 Å². The zero-order valence-corrected chi connectivity index (χ0v) is 25.1. The molecule has 4 bridgehead atoms. The van der Waals surface area contributed by atoms with Gasteiger partial charge in [0.2, 0.25) is 0 Å². The molecule has 0 aromatic heterocycles. The molecule has 0 radical (unpaired) electrons. The number of piperidine rings is 2. The summed E-state index contributed by atoms with van der Waals surface area (Å²) in [7, 11) is 0. The molecule has 2 aliphatic carbocycles. The van der Waals surface area contributed by atoms with Gasteiger partial charge in [-0.15, -0.1) is 0 Å². The molecule has 6 heteroatoms. The topological polar surface area (TPSA) is 31.4 Å².